The summed E-state index contributed by atoms with van der Waals surface area (Å²) in [6.45, 7) is 3.02. The molecule has 6 heterocycles. The van der Waals surface area contributed by atoms with Crippen LogP contribution in [0.15, 0.2) is 147 Å². The van der Waals surface area contributed by atoms with Gasteiger partial charge in [0.1, 0.15) is 51.0 Å². The molecule has 0 N–H and O–H groups in total. The van der Waals surface area contributed by atoms with Crippen LogP contribution in [-0.4, -0.2) is 29.1 Å². The van der Waals surface area contributed by atoms with Gasteiger partial charge in [-0.2, -0.15) is 0 Å². The zero-order valence-corrected chi connectivity index (χ0v) is 24.3. The van der Waals surface area contributed by atoms with E-state index in [0.29, 0.717) is 13.1 Å². The Kier molecular flexibility index (Phi) is 7.78. The molecule has 0 unspecified atom stereocenters. The molecule has 0 aliphatic carbocycles. The van der Waals surface area contributed by atoms with Crippen LogP contribution >= 0.6 is 0 Å². The molecule has 214 valence electrons. The van der Waals surface area contributed by atoms with E-state index in [4.69, 9.17) is 9.97 Å². The lowest BCUT2D eigenvalue weighted by Gasteiger charge is -2.03. The van der Waals surface area contributed by atoms with Crippen molar-refractivity contribution in [1.82, 2.24) is 29.1 Å². The van der Waals surface area contributed by atoms with Crippen LogP contribution in [0.3, 0.4) is 0 Å². The highest BCUT2D eigenvalue weighted by Gasteiger charge is 2.11. The molecule has 7 aromatic rings. The van der Waals surface area contributed by atoms with Gasteiger partial charge in [0, 0.05) is 12.4 Å². The molecule has 0 spiro atoms. The Balaban J connectivity index is 0.944. The van der Waals surface area contributed by atoms with Crippen molar-refractivity contribution in [2.24, 2.45) is 0 Å². The molecule has 7 rings (SSSR count). The van der Waals surface area contributed by atoms with Crippen molar-refractivity contribution in [3.8, 4) is 22.8 Å². The minimum atomic E-state index is 0.704. The first-order valence-electron chi connectivity index (χ1n) is 14.7. The topological polar surface area (TPSA) is 69.2 Å². The molecule has 44 heavy (non-hydrogen) atoms. The molecule has 0 atom stereocenters. The van der Waals surface area contributed by atoms with Crippen molar-refractivity contribution in [3.05, 3.63) is 169 Å². The SMILES string of the molecule is c1ccc(-c2cccc(Cn3cc[n+](Cc4ccc(C[n+]5ccn(Cc6cccc(-c7ccccn7)n6)c5)cc4)c3)n2)nc1. The highest BCUT2D eigenvalue weighted by Crippen LogP contribution is 2.15. The van der Waals surface area contributed by atoms with Gasteiger partial charge in [0.25, 0.3) is 0 Å². The molecule has 0 bridgehead atoms. The molecule has 0 fully saturated rings. The third-order valence-electron chi connectivity index (χ3n) is 7.40. The minimum Gasteiger partial charge on any atom is -0.255 e. The average molecular weight is 577 g/mol. The normalized spacial score (nSPS) is 11.1. The molecule has 1 aromatic carbocycles. The first-order valence-corrected chi connectivity index (χ1v) is 14.7. The summed E-state index contributed by atoms with van der Waals surface area (Å²) in [6.07, 6.45) is 16.2. The molecule has 8 nitrogen and oxygen atoms in total. The van der Waals surface area contributed by atoms with Crippen molar-refractivity contribution >= 4 is 0 Å². The van der Waals surface area contributed by atoms with Gasteiger partial charge in [0.05, 0.1) is 34.2 Å². The maximum absolute atomic E-state index is 4.81. The molecular weight excluding hydrogens is 544 g/mol. The van der Waals surface area contributed by atoms with Crippen LogP contribution in [0.4, 0.5) is 0 Å². The highest BCUT2D eigenvalue weighted by atomic mass is 15.1. The van der Waals surface area contributed by atoms with Gasteiger partial charge >= 0.3 is 0 Å². The molecule has 0 radical (unpaired) electrons. The number of rotatable bonds is 10. The van der Waals surface area contributed by atoms with Crippen molar-refractivity contribution in [3.63, 3.8) is 0 Å². The first kappa shape index (κ1) is 27.1. The Morgan fingerprint density at radius 1 is 0.477 bits per heavy atom. The van der Waals surface area contributed by atoms with Gasteiger partial charge in [-0.25, -0.2) is 28.2 Å². The third-order valence-corrected chi connectivity index (χ3v) is 7.40. The predicted octanol–water partition coefficient (Wildman–Crippen LogP) is 4.97. The molecule has 0 amide bonds. The number of nitrogens with zero attached hydrogens (tertiary/aromatic N) is 8. The van der Waals surface area contributed by atoms with Gasteiger partial charge in [-0.1, -0.05) is 48.5 Å². The molecule has 0 aliphatic heterocycles. The lowest BCUT2D eigenvalue weighted by molar-refractivity contribution is -0.688. The monoisotopic (exact) mass is 576 g/mol. The number of hydrogen-bond donors (Lipinski definition) is 0. The zero-order valence-electron chi connectivity index (χ0n) is 24.3. The van der Waals surface area contributed by atoms with E-state index in [0.717, 1.165) is 47.3 Å². The number of imidazole rings is 2. The van der Waals surface area contributed by atoms with E-state index in [9.17, 15) is 0 Å². The van der Waals surface area contributed by atoms with Crippen LogP contribution < -0.4 is 9.13 Å². The summed E-state index contributed by atoms with van der Waals surface area (Å²) in [5.74, 6) is 0. The lowest BCUT2D eigenvalue weighted by atomic mass is 10.1. The van der Waals surface area contributed by atoms with Crippen molar-refractivity contribution < 1.29 is 9.13 Å². The summed E-state index contributed by atoms with van der Waals surface area (Å²) in [5, 5.41) is 0. The van der Waals surface area contributed by atoms with E-state index in [1.54, 1.807) is 12.4 Å². The number of pyridine rings is 4. The number of hydrogen-bond acceptors (Lipinski definition) is 4. The van der Waals surface area contributed by atoms with Gasteiger partial charge in [-0.15, -0.1) is 0 Å². The molecule has 8 heteroatoms. The Morgan fingerprint density at radius 2 is 0.932 bits per heavy atom. The fourth-order valence-electron chi connectivity index (χ4n) is 5.25. The highest BCUT2D eigenvalue weighted by molar-refractivity contribution is 5.54. The molecule has 0 aliphatic rings. The fourth-order valence-corrected chi connectivity index (χ4v) is 5.25. The Morgan fingerprint density at radius 3 is 1.36 bits per heavy atom. The zero-order chi connectivity index (χ0) is 29.6. The van der Waals surface area contributed by atoms with Crippen molar-refractivity contribution in [2.45, 2.75) is 26.2 Å². The molecule has 0 saturated heterocycles. The fraction of sp³-hybridized carbons (Fsp3) is 0.111. The van der Waals surface area contributed by atoms with Crippen LogP contribution in [0, 0.1) is 0 Å². The molecule has 0 saturated carbocycles. The summed E-state index contributed by atoms with van der Waals surface area (Å²) in [5.41, 5.74) is 8.07. The maximum atomic E-state index is 4.81. The van der Waals surface area contributed by atoms with E-state index in [1.807, 2.05) is 60.7 Å². The quantitative estimate of drug-likeness (QED) is 0.216. The summed E-state index contributed by atoms with van der Waals surface area (Å²) >= 11 is 0. The largest absolute Gasteiger partial charge is 0.255 e. The average Bonchev–Trinajstić information content (AvgIpc) is 3.71. The van der Waals surface area contributed by atoms with Gasteiger partial charge in [-0.3, -0.25) is 9.97 Å². The summed E-state index contributed by atoms with van der Waals surface area (Å²) in [6, 6.07) is 32.8. The van der Waals surface area contributed by atoms with Crippen LogP contribution in [-0.2, 0) is 26.2 Å². The predicted molar refractivity (Wildman–Crippen MR) is 167 cm³/mol. The van der Waals surface area contributed by atoms with Gasteiger partial charge in [0.15, 0.2) is 0 Å². The van der Waals surface area contributed by atoms with Gasteiger partial charge in [-0.05, 0) is 59.7 Å². The second kappa shape index (κ2) is 12.6. The van der Waals surface area contributed by atoms with E-state index in [2.05, 4.69) is 102 Å². The van der Waals surface area contributed by atoms with Gasteiger partial charge < -0.3 is 0 Å². The number of benzene rings is 1. The second-order valence-corrected chi connectivity index (χ2v) is 10.8. The standard InChI is InChI=1S/C36H32N8/c1-3-17-37-33(9-1)35-11-5-7-31(39-35)25-43-21-19-41(27-43)23-29-13-15-30(16-14-29)24-42-20-22-44(28-42)26-32-8-6-12-36(40-32)34-10-2-4-18-38-34/h1-22,27-28H,23-26H2/q+2. The van der Waals surface area contributed by atoms with E-state index in [1.165, 1.54) is 11.1 Å². The number of aromatic nitrogens is 8. The van der Waals surface area contributed by atoms with E-state index < -0.39 is 0 Å². The maximum Gasteiger partial charge on any atom is 0.244 e. The van der Waals surface area contributed by atoms with Crippen LogP contribution in [0.5, 0.6) is 0 Å². The Labute approximate surface area is 256 Å². The minimum absolute atomic E-state index is 0.704. The second-order valence-electron chi connectivity index (χ2n) is 10.8. The first-order chi connectivity index (χ1) is 21.7. The summed E-state index contributed by atoms with van der Waals surface area (Å²) < 4.78 is 8.71. The Bertz CT molecular complexity index is 1820. The van der Waals surface area contributed by atoms with Crippen LogP contribution in [0.2, 0.25) is 0 Å². The van der Waals surface area contributed by atoms with E-state index >= 15 is 0 Å². The molecule has 6 aromatic heterocycles. The smallest absolute Gasteiger partial charge is 0.244 e. The third kappa shape index (κ3) is 6.65. The van der Waals surface area contributed by atoms with Crippen molar-refractivity contribution in [1.29, 1.82) is 0 Å². The molecular formula is C36H32N8+2. The van der Waals surface area contributed by atoms with E-state index in [-0.39, 0.29) is 0 Å². The van der Waals surface area contributed by atoms with Crippen LogP contribution in [0.1, 0.15) is 22.5 Å². The summed E-state index contributed by atoms with van der Waals surface area (Å²) in [4.78, 5) is 18.5. The van der Waals surface area contributed by atoms with Gasteiger partial charge in [0.2, 0.25) is 12.7 Å². The summed E-state index contributed by atoms with van der Waals surface area (Å²) in [7, 11) is 0. The van der Waals surface area contributed by atoms with Crippen LogP contribution in [0.25, 0.3) is 22.8 Å². The van der Waals surface area contributed by atoms with Crippen molar-refractivity contribution in [2.75, 3.05) is 0 Å². The Hall–Kier alpha value is -5.76. The lowest BCUT2D eigenvalue weighted by Crippen LogP contribution is -2.32.